The second-order valence-corrected chi connectivity index (χ2v) is 3.54. The summed E-state index contributed by atoms with van der Waals surface area (Å²) in [6, 6.07) is 3.69. The van der Waals surface area contributed by atoms with Gasteiger partial charge in [0.1, 0.15) is 11.6 Å². The first-order valence-corrected chi connectivity index (χ1v) is 5.51. The number of carbonyl (C=O) groups excluding carboxylic acids is 1. The molecule has 0 fully saturated rings. The molecule has 6 nitrogen and oxygen atoms in total. The van der Waals surface area contributed by atoms with Crippen LogP contribution in [0.2, 0.25) is 0 Å². The van der Waals surface area contributed by atoms with Crippen LogP contribution >= 0.6 is 0 Å². The van der Waals surface area contributed by atoms with Crippen LogP contribution in [0.3, 0.4) is 0 Å². The number of H-pyrrole nitrogens is 1. The van der Waals surface area contributed by atoms with Crippen LogP contribution < -0.4 is 5.32 Å². The van der Waals surface area contributed by atoms with Gasteiger partial charge in [0.05, 0.1) is 6.26 Å². The molecule has 0 bridgehead atoms. The summed E-state index contributed by atoms with van der Waals surface area (Å²) in [6.07, 6.45) is 3.00. The predicted octanol–water partition coefficient (Wildman–Crippen LogP) is 0.933. The highest BCUT2D eigenvalue weighted by Crippen LogP contribution is 2.00. The summed E-state index contributed by atoms with van der Waals surface area (Å²) >= 11 is 0. The van der Waals surface area contributed by atoms with E-state index < -0.39 is 0 Å². The molecule has 0 aliphatic rings. The van der Waals surface area contributed by atoms with Crippen molar-refractivity contribution in [3.63, 3.8) is 0 Å². The molecule has 2 aromatic rings. The molecule has 1 amide bonds. The Bertz CT molecular complexity index is 475. The summed E-state index contributed by atoms with van der Waals surface area (Å²) in [7, 11) is 0. The van der Waals surface area contributed by atoms with Gasteiger partial charge in [-0.25, -0.2) is 4.98 Å². The van der Waals surface area contributed by atoms with Crippen LogP contribution in [0.1, 0.15) is 29.1 Å². The first-order valence-electron chi connectivity index (χ1n) is 5.51. The van der Waals surface area contributed by atoms with Crippen LogP contribution in [-0.2, 0) is 12.8 Å². The van der Waals surface area contributed by atoms with Crippen molar-refractivity contribution in [1.82, 2.24) is 20.5 Å². The molecule has 0 aliphatic heterocycles. The lowest BCUT2D eigenvalue weighted by molar-refractivity contribution is 0.0943. The van der Waals surface area contributed by atoms with Crippen molar-refractivity contribution < 1.29 is 9.21 Å². The molecule has 0 spiro atoms. The number of aromatic amines is 1. The molecule has 0 radical (unpaired) electrons. The molecular weight excluding hydrogens is 220 g/mol. The highest BCUT2D eigenvalue weighted by atomic mass is 16.3. The highest BCUT2D eigenvalue weighted by molar-refractivity contribution is 5.90. The molecule has 17 heavy (non-hydrogen) atoms. The van der Waals surface area contributed by atoms with Crippen molar-refractivity contribution in [2.45, 2.75) is 19.8 Å². The van der Waals surface area contributed by atoms with Gasteiger partial charge in [-0.1, -0.05) is 6.92 Å². The summed E-state index contributed by atoms with van der Waals surface area (Å²) in [4.78, 5) is 15.7. The number of hydrogen-bond acceptors (Lipinski definition) is 4. The molecule has 2 aromatic heterocycles. The number of nitrogens with zero attached hydrogens (tertiary/aromatic N) is 2. The number of furan rings is 1. The third-order valence-electron chi connectivity index (χ3n) is 2.31. The van der Waals surface area contributed by atoms with E-state index in [4.69, 9.17) is 4.42 Å². The van der Waals surface area contributed by atoms with Crippen molar-refractivity contribution in [2.24, 2.45) is 0 Å². The number of rotatable bonds is 5. The number of nitrogens with one attached hydrogen (secondary N) is 2. The van der Waals surface area contributed by atoms with Crippen LogP contribution in [0.5, 0.6) is 0 Å². The second kappa shape index (κ2) is 5.29. The molecule has 0 aliphatic carbocycles. The smallest absolute Gasteiger partial charge is 0.290 e. The maximum atomic E-state index is 11.6. The third kappa shape index (κ3) is 2.93. The number of aryl methyl sites for hydroxylation is 1. The van der Waals surface area contributed by atoms with E-state index in [0.29, 0.717) is 18.8 Å². The monoisotopic (exact) mass is 234 g/mol. The van der Waals surface area contributed by atoms with E-state index in [-0.39, 0.29) is 11.7 Å². The molecule has 0 atom stereocenters. The van der Waals surface area contributed by atoms with E-state index in [1.54, 1.807) is 6.26 Å². The van der Waals surface area contributed by atoms with Crippen molar-refractivity contribution in [1.29, 1.82) is 0 Å². The van der Waals surface area contributed by atoms with Crippen molar-refractivity contribution in [3.8, 4) is 0 Å². The molecule has 0 saturated heterocycles. The second-order valence-electron chi connectivity index (χ2n) is 3.54. The normalized spacial score (nSPS) is 10.4. The topological polar surface area (TPSA) is 83.8 Å². The molecule has 2 N–H and O–H groups in total. The summed E-state index contributed by atoms with van der Waals surface area (Å²) in [5.41, 5.74) is 0. The molecule has 90 valence electrons. The number of hydrogen-bond donors (Lipinski definition) is 2. The van der Waals surface area contributed by atoms with Gasteiger partial charge in [-0.2, -0.15) is 0 Å². The molecule has 0 aromatic carbocycles. The van der Waals surface area contributed by atoms with Crippen molar-refractivity contribution in [2.75, 3.05) is 6.54 Å². The van der Waals surface area contributed by atoms with Crippen LogP contribution in [0.15, 0.2) is 22.8 Å². The van der Waals surface area contributed by atoms with Gasteiger partial charge in [-0.05, 0) is 12.1 Å². The first-order chi connectivity index (χ1) is 8.29. The number of amides is 1. The van der Waals surface area contributed by atoms with Gasteiger partial charge in [0, 0.05) is 19.4 Å². The average molecular weight is 234 g/mol. The number of carbonyl (C=O) groups is 1. The SMILES string of the molecule is CCc1nc(C(=O)NCCc2ccco2)n[nH]1. The molecule has 2 rings (SSSR count). The maximum absolute atomic E-state index is 11.6. The average Bonchev–Trinajstić information content (AvgIpc) is 2.99. The Kier molecular flexibility index (Phi) is 3.54. The third-order valence-corrected chi connectivity index (χ3v) is 2.31. The molecule has 0 saturated carbocycles. The van der Waals surface area contributed by atoms with Gasteiger partial charge in [-0.3, -0.25) is 9.89 Å². The molecule has 6 heteroatoms. The fraction of sp³-hybridized carbons (Fsp3) is 0.364. The van der Waals surface area contributed by atoms with Crippen LogP contribution in [0.25, 0.3) is 0 Å². The Balaban J connectivity index is 1.81. The molecule has 0 unspecified atom stereocenters. The van der Waals surface area contributed by atoms with Crippen molar-refractivity contribution in [3.05, 3.63) is 35.8 Å². The van der Waals surface area contributed by atoms with Gasteiger partial charge >= 0.3 is 0 Å². The lowest BCUT2D eigenvalue weighted by Crippen LogP contribution is -2.26. The minimum Gasteiger partial charge on any atom is -0.469 e. The van der Waals surface area contributed by atoms with Crippen LogP contribution in [0.4, 0.5) is 0 Å². The maximum Gasteiger partial charge on any atom is 0.290 e. The predicted molar refractivity (Wildman–Crippen MR) is 60.5 cm³/mol. The number of aromatic nitrogens is 3. The lowest BCUT2D eigenvalue weighted by Gasteiger charge is -1.99. The highest BCUT2D eigenvalue weighted by Gasteiger charge is 2.11. The van der Waals surface area contributed by atoms with Crippen LogP contribution in [0, 0.1) is 0 Å². The van der Waals surface area contributed by atoms with E-state index in [2.05, 4.69) is 20.5 Å². The minimum atomic E-state index is -0.271. The Morgan fingerprint density at radius 1 is 1.59 bits per heavy atom. The van der Waals surface area contributed by atoms with E-state index in [1.165, 1.54) is 0 Å². The Labute approximate surface area is 98.4 Å². The van der Waals surface area contributed by atoms with Crippen molar-refractivity contribution >= 4 is 5.91 Å². The Morgan fingerprint density at radius 3 is 3.12 bits per heavy atom. The van der Waals surface area contributed by atoms with Gasteiger partial charge in [0.15, 0.2) is 0 Å². The fourth-order valence-corrected chi connectivity index (χ4v) is 1.39. The van der Waals surface area contributed by atoms with Gasteiger partial charge in [-0.15, -0.1) is 5.10 Å². The van der Waals surface area contributed by atoms with E-state index >= 15 is 0 Å². The zero-order chi connectivity index (χ0) is 12.1. The summed E-state index contributed by atoms with van der Waals surface area (Å²) in [5.74, 6) is 1.46. The largest absolute Gasteiger partial charge is 0.469 e. The Hall–Kier alpha value is -2.11. The first kappa shape index (κ1) is 11.4. The van der Waals surface area contributed by atoms with E-state index in [9.17, 15) is 4.79 Å². The Morgan fingerprint density at radius 2 is 2.47 bits per heavy atom. The zero-order valence-corrected chi connectivity index (χ0v) is 9.56. The van der Waals surface area contributed by atoms with Gasteiger partial charge in [0.2, 0.25) is 5.82 Å². The van der Waals surface area contributed by atoms with Crippen LogP contribution in [-0.4, -0.2) is 27.6 Å². The molecule has 2 heterocycles. The zero-order valence-electron chi connectivity index (χ0n) is 9.56. The van der Waals surface area contributed by atoms with E-state index in [1.807, 2.05) is 19.1 Å². The summed E-state index contributed by atoms with van der Waals surface area (Å²) in [6.45, 7) is 2.45. The molecular formula is C11H14N4O2. The van der Waals surface area contributed by atoms with E-state index in [0.717, 1.165) is 12.2 Å². The minimum absolute atomic E-state index is 0.182. The lowest BCUT2D eigenvalue weighted by atomic mass is 10.3. The standard InChI is InChI=1S/C11H14N4O2/c1-2-9-13-10(15-14-9)11(16)12-6-5-8-4-3-7-17-8/h3-4,7H,2,5-6H2,1H3,(H,12,16)(H,13,14,15). The van der Waals surface area contributed by atoms with Gasteiger partial charge < -0.3 is 9.73 Å². The summed E-state index contributed by atoms with van der Waals surface area (Å²) in [5, 5.41) is 9.26. The quantitative estimate of drug-likeness (QED) is 0.806. The van der Waals surface area contributed by atoms with Gasteiger partial charge in [0.25, 0.3) is 5.91 Å². The summed E-state index contributed by atoms with van der Waals surface area (Å²) < 4.78 is 5.15. The fourth-order valence-electron chi connectivity index (χ4n) is 1.39.